The lowest BCUT2D eigenvalue weighted by Gasteiger charge is -2.36. The molecule has 1 saturated heterocycles. The van der Waals surface area contributed by atoms with Crippen LogP contribution in [0.3, 0.4) is 0 Å². The van der Waals surface area contributed by atoms with Crippen LogP contribution >= 0.6 is 11.6 Å². The molecule has 1 aliphatic heterocycles. The van der Waals surface area contributed by atoms with E-state index in [1.165, 1.54) is 0 Å². The second-order valence-corrected chi connectivity index (χ2v) is 7.75. The highest BCUT2D eigenvalue weighted by Gasteiger charge is 2.21. The van der Waals surface area contributed by atoms with Gasteiger partial charge in [0.1, 0.15) is 6.54 Å². The number of anilines is 1. The fourth-order valence-electron chi connectivity index (χ4n) is 3.58. The van der Waals surface area contributed by atoms with E-state index < -0.39 is 5.91 Å². The van der Waals surface area contributed by atoms with Gasteiger partial charge < -0.3 is 15.1 Å². The molecule has 160 valence electrons. The molecule has 1 aliphatic rings. The smallest absolute Gasteiger partial charge is 0.275 e. The Morgan fingerprint density at radius 3 is 2.45 bits per heavy atom. The van der Waals surface area contributed by atoms with Gasteiger partial charge in [-0.05, 0) is 30.3 Å². The average Bonchev–Trinajstić information content (AvgIpc) is 2.80. The molecule has 0 spiro atoms. The predicted octanol–water partition coefficient (Wildman–Crippen LogP) is 1.51. The lowest BCUT2D eigenvalue weighted by Crippen LogP contribution is -2.51. The Hall–Kier alpha value is -3.39. The lowest BCUT2D eigenvalue weighted by molar-refractivity contribution is -0.133. The molecule has 0 bridgehead atoms. The molecule has 3 aromatic rings. The second-order valence-electron chi connectivity index (χ2n) is 7.32. The van der Waals surface area contributed by atoms with Crippen molar-refractivity contribution >= 4 is 39.9 Å². The highest BCUT2D eigenvalue weighted by molar-refractivity contribution is 6.30. The quantitative estimate of drug-likeness (QED) is 0.651. The third-order valence-electron chi connectivity index (χ3n) is 5.32. The zero-order valence-electron chi connectivity index (χ0n) is 16.8. The molecule has 9 heteroatoms. The summed E-state index contributed by atoms with van der Waals surface area (Å²) >= 11 is 5.93. The van der Waals surface area contributed by atoms with E-state index in [1.807, 2.05) is 30.3 Å². The van der Waals surface area contributed by atoms with E-state index in [0.29, 0.717) is 36.6 Å². The predicted molar refractivity (Wildman–Crippen MR) is 119 cm³/mol. The summed E-state index contributed by atoms with van der Waals surface area (Å²) in [5, 5.41) is 8.54. The molecule has 0 atom stereocenters. The summed E-state index contributed by atoms with van der Waals surface area (Å²) in [6.07, 6.45) is 1.55. The maximum atomic E-state index is 12.5. The van der Waals surface area contributed by atoms with Gasteiger partial charge in [0.15, 0.2) is 0 Å². The number of piperazine rings is 1. The summed E-state index contributed by atoms with van der Waals surface area (Å²) in [4.78, 5) is 41.1. The zero-order valence-corrected chi connectivity index (χ0v) is 17.6. The Kier molecular flexibility index (Phi) is 6.18. The van der Waals surface area contributed by atoms with Gasteiger partial charge in [0.2, 0.25) is 11.8 Å². The van der Waals surface area contributed by atoms with Crippen molar-refractivity contribution in [2.75, 3.05) is 37.6 Å². The van der Waals surface area contributed by atoms with Gasteiger partial charge in [-0.25, -0.2) is 4.68 Å². The Morgan fingerprint density at radius 1 is 1.00 bits per heavy atom. The van der Waals surface area contributed by atoms with Crippen molar-refractivity contribution in [1.29, 1.82) is 0 Å². The highest BCUT2D eigenvalue weighted by atomic mass is 35.5. The number of halogens is 1. The minimum atomic E-state index is -0.432. The van der Waals surface area contributed by atoms with E-state index >= 15 is 0 Å². The molecule has 2 amide bonds. The molecular formula is C22H22ClN5O3. The van der Waals surface area contributed by atoms with Crippen molar-refractivity contribution < 1.29 is 9.59 Å². The second kappa shape index (κ2) is 9.18. The standard InChI is InChI=1S/C22H22ClN5O3/c23-17-5-7-18(8-6-17)26-9-11-27(12-10-26)21(30)14-24-20(29)15-28-22(31)19-4-2-1-3-16(19)13-25-28/h1-8,13H,9-12,14-15H2,(H,24,29). The van der Waals surface area contributed by atoms with Crippen molar-refractivity contribution in [3.63, 3.8) is 0 Å². The maximum absolute atomic E-state index is 12.5. The van der Waals surface area contributed by atoms with Gasteiger partial charge in [-0.2, -0.15) is 5.10 Å². The van der Waals surface area contributed by atoms with Crippen molar-refractivity contribution in [1.82, 2.24) is 20.0 Å². The summed E-state index contributed by atoms with van der Waals surface area (Å²) in [6.45, 7) is 2.21. The summed E-state index contributed by atoms with van der Waals surface area (Å²) in [5.41, 5.74) is 0.732. The zero-order chi connectivity index (χ0) is 21.8. The number of benzene rings is 2. The van der Waals surface area contributed by atoms with Gasteiger partial charge in [-0.3, -0.25) is 14.4 Å². The molecule has 2 heterocycles. The molecule has 2 aromatic carbocycles. The monoisotopic (exact) mass is 439 g/mol. The SMILES string of the molecule is O=C(Cn1ncc2ccccc2c1=O)NCC(=O)N1CCN(c2ccc(Cl)cc2)CC1. The summed E-state index contributed by atoms with van der Waals surface area (Å²) in [7, 11) is 0. The molecule has 1 aromatic heterocycles. The number of nitrogens with one attached hydrogen (secondary N) is 1. The van der Waals surface area contributed by atoms with E-state index in [1.54, 1.807) is 29.3 Å². The van der Waals surface area contributed by atoms with Crippen LogP contribution < -0.4 is 15.8 Å². The minimum Gasteiger partial charge on any atom is -0.368 e. The Bertz CT molecular complexity index is 1150. The molecule has 31 heavy (non-hydrogen) atoms. The molecule has 1 fully saturated rings. The number of hydrogen-bond acceptors (Lipinski definition) is 5. The topological polar surface area (TPSA) is 87.5 Å². The number of aromatic nitrogens is 2. The molecule has 0 radical (unpaired) electrons. The third-order valence-corrected chi connectivity index (χ3v) is 5.57. The van der Waals surface area contributed by atoms with E-state index in [-0.39, 0.29) is 24.6 Å². The van der Waals surface area contributed by atoms with Crippen LogP contribution in [0.4, 0.5) is 5.69 Å². The van der Waals surface area contributed by atoms with Crippen LogP contribution in [0.15, 0.2) is 59.5 Å². The number of rotatable bonds is 5. The molecule has 8 nitrogen and oxygen atoms in total. The number of nitrogens with zero attached hydrogens (tertiary/aromatic N) is 4. The molecule has 4 rings (SSSR count). The summed E-state index contributed by atoms with van der Waals surface area (Å²) < 4.78 is 1.10. The largest absolute Gasteiger partial charge is 0.368 e. The molecule has 0 unspecified atom stereocenters. The molecule has 0 aliphatic carbocycles. The first-order valence-corrected chi connectivity index (χ1v) is 10.4. The molecular weight excluding hydrogens is 418 g/mol. The minimum absolute atomic E-state index is 0.109. The van der Waals surface area contributed by atoms with Crippen LogP contribution in [-0.4, -0.2) is 59.2 Å². The van der Waals surface area contributed by atoms with Gasteiger partial charge in [0.05, 0.1) is 18.1 Å². The Morgan fingerprint density at radius 2 is 1.71 bits per heavy atom. The highest BCUT2D eigenvalue weighted by Crippen LogP contribution is 2.19. The van der Waals surface area contributed by atoms with Gasteiger partial charge in [0.25, 0.3) is 5.56 Å². The maximum Gasteiger partial charge on any atom is 0.275 e. The van der Waals surface area contributed by atoms with Gasteiger partial charge in [-0.15, -0.1) is 0 Å². The van der Waals surface area contributed by atoms with Crippen LogP contribution in [0.1, 0.15) is 0 Å². The Labute approximate surface area is 184 Å². The van der Waals surface area contributed by atoms with Crippen LogP contribution in [0, 0.1) is 0 Å². The third kappa shape index (κ3) is 4.86. The van der Waals surface area contributed by atoms with Crippen LogP contribution in [-0.2, 0) is 16.1 Å². The van der Waals surface area contributed by atoms with Crippen molar-refractivity contribution in [2.45, 2.75) is 6.54 Å². The number of fused-ring (bicyclic) bond motifs is 1. The van der Waals surface area contributed by atoms with E-state index in [2.05, 4.69) is 15.3 Å². The molecule has 0 saturated carbocycles. The number of hydrogen-bond donors (Lipinski definition) is 1. The lowest BCUT2D eigenvalue weighted by atomic mass is 10.2. The number of amides is 2. The van der Waals surface area contributed by atoms with E-state index in [9.17, 15) is 14.4 Å². The first-order chi connectivity index (χ1) is 15.0. The van der Waals surface area contributed by atoms with Gasteiger partial charge in [0, 0.05) is 42.3 Å². The van der Waals surface area contributed by atoms with Crippen molar-refractivity contribution in [3.8, 4) is 0 Å². The summed E-state index contributed by atoms with van der Waals surface area (Å²) in [5.74, 6) is -0.582. The van der Waals surface area contributed by atoms with Gasteiger partial charge in [-0.1, -0.05) is 29.8 Å². The van der Waals surface area contributed by atoms with Crippen LogP contribution in [0.5, 0.6) is 0 Å². The van der Waals surface area contributed by atoms with Gasteiger partial charge >= 0.3 is 0 Å². The van der Waals surface area contributed by atoms with E-state index in [4.69, 9.17) is 11.6 Å². The first kappa shape index (κ1) is 20.9. The van der Waals surface area contributed by atoms with E-state index in [0.717, 1.165) is 15.8 Å². The van der Waals surface area contributed by atoms with Crippen molar-refractivity contribution in [2.24, 2.45) is 0 Å². The van der Waals surface area contributed by atoms with Crippen LogP contribution in [0.2, 0.25) is 5.02 Å². The fraction of sp³-hybridized carbons (Fsp3) is 0.273. The number of carbonyl (C=O) groups is 2. The van der Waals surface area contributed by atoms with Crippen molar-refractivity contribution in [3.05, 3.63) is 70.1 Å². The van der Waals surface area contributed by atoms with Crippen LogP contribution in [0.25, 0.3) is 10.8 Å². The first-order valence-electron chi connectivity index (χ1n) is 10.0. The molecule has 1 N–H and O–H groups in total. The summed E-state index contributed by atoms with van der Waals surface area (Å²) in [6, 6.07) is 14.7. The average molecular weight is 440 g/mol. The fourth-order valence-corrected chi connectivity index (χ4v) is 3.71. The Balaban J connectivity index is 1.27. The normalized spacial score (nSPS) is 14.0. The number of carbonyl (C=O) groups excluding carboxylic acids is 2.